The molecule has 0 saturated carbocycles. The third kappa shape index (κ3) is 4.36. The standard InChI is InChI=1S/C20H22F2N2O3/c1-26-14-6-7-15(19(11-14)27-2)18-4-3-9-24(18)12-20(25)23-17-10-13(21)5-8-16(17)22/h5-8,10-11,18H,3-4,9,12H2,1-2H3,(H,23,25)/p+1/t18-/m1/s1. The average Bonchev–Trinajstić information content (AvgIpc) is 3.11. The van der Waals surface area contributed by atoms with Crippen LogP contribution >= 0.6 is 0 Å². The van der Waals surface area contributed by atoms with E-state index in [-0.39, 0.29) is 24.2 Å². The van der Waals surface area contributed by atoms with Crippen LogP contribution in [-0.4, -0.2) is 33.2 Å². The van der Waals surface area contributed by atoms with Gasteiger partial charge in [-0.2, -0.15) is 0 Å². The second-order valence-electron chi connectivity index (χ2n) is 6.56. The Bertz CT molecular complexity index is 829. The molecular weight excluding hydrogens is 354 g/mol. The van der Waals surface area contributed by atoms with Crippen LogP contribution in [0.4, 0.5) is 14.5 Å². The highest BCUT2D eigenvalue weighted by Gasteiger charge is 2.33. The van der Waals surface area contributed by atoms with Gasteiger partial charge in [-0.25, -0.2) is 8.78 Å². The predicted octanol–water partition coefficient (Wildman–Crippen LogP) is 2.34. The molecular formula is C20H23F2N2O3+. The first-order chi connectivity index (χ1) is 13.0. The first kappa shape index (κ1) is 19.1. The number of halogens is 2. The SMILES string of the molecule is COc1ccc([C@H]2CCC[NH+]2CC(=O)Nc2cc(F)ccc2F)c(OC)c1. The lowest BCUT2D eigenvalue weighted by Crippen LogP contribution is -3.11. The largest absolute Gasteiger partial charge is 0.497 e. The minimum absolute atomic E-state index is 0.0916. The van der Waals surface area contributed by atoms with Crippen molar-refractivity contribution >= 4 is 11.6 Å². The fourth-order valence-electron chi connectivity index (χ4n) is 3.60. The molecule has 0 bridgehead atoms. The predicted molar refractivity (Wildman–Crippen MR) is 97.2 cm³/mol. The van der Waals surface area contributed by atoms with Gasteiger partial charge >= 0.3 is 0 Å². The average molecular weight is 377 g/mol. The summed E-state index contributed by atoms with van der Waals surface area (Å²) in [6.45, 7) is 0.981. The lowest BCUT2D eigenvalue weighted by molar-refractivity contribution is -0.910. The summed E-state index contributed by atoms with van der Waals surface area (Å²) < 4.78 is 37.8. The summed E-state index contributed by atoms with van der Waals surface area (Å²) in [6, 6.07) is 8.74. The molecule has 1 unspecified atom stereocenters. The van der Waals surface area contributed by atoms with Gasteiger partial charge in [-0.15, -0.1) is 0 Å². The number of anilines is 1. The van der Waals surface area contributed by atoms with Crippen molar-refractivity contribution in [2.75, 3.05) is 32.6 Å². The van der Waals surface area contributed by atoms with E-state index >= 15 is 0 Å². The molecule has 2 atom stereocenters. The normalized spacial score (nSPS) is 19.0. The first-order valence-corrected chi connectivity index (χ1v) is 8.83. The van der Waals surface area contributed by atoms with E-state index in [2.05, 4.69) is 5.32 Å². The van der Waals surface area contributed by atoms with Gasteiger partial charge in [-0.05, 0) is 24.3 Å². The minimum Gasteiger partial charge on any atom is -0.497 e. The number of ether oxygens (including phenoxy) is 2. The van der Waals surface area contributed by atoms with Crippen molar-refractivity contribution < 1.29 is 27.9 Å². The van der Waals surface area contributed by atoms with Crippen molar-refractivity contribution in [1.82, 2.24) is 0 Å². The molecule has 0 radical (unpaired) electrons. The number of rotatable bonds is 6. The molecule has 144 valence electrons. The number of likely N-dealkylation sites (tertiary alicyclic amines) is 1. The van der Waals surface area contributed by atoms with E-state index in [0.29, 0.717) is 5.75 Å². The highest BCUT2D eigenvalue weighted by atomic mass is 19.1. The number of carbonyl (C=O) groups excluding carboxylic acids is 1. The molecule has 0 aliphatic carbocycles. The molecule has 2 N–H and O–H groups in total. The van der Waals surface area contributed by atoms with E-state index in [0.717, 1.165) is 53.8 Å². The monoisotopic (exact) mass is 377 g/mol. The van der Waals surface area contributed by atoms with Crippen molar-refractivity contribution in [2.45, 2.75) is 18.9 Å². The molecule has 7 heteroatoms. The molecule has 1 amide bonds. The summed E-state index contributed by atoms with van der Waals surface area (Å²) in [4.78, 5) is 13.5. The van der Waals surface area contributed by atoms with Crippen molar-refractivity contribution in [2.24, 2.45) is 0 Å². The molecule has 5 nitrogen and oxygen atoms in total. The molecule has 1 aliphatic rings. The number of carbonyl (C=O) groups is 1. The molecule has 1 fully saturated rings. The number of nitrogens with one attached hydrogen (secondary N) is 2. The zero-order chi connectivity index (χ0) is 19.4. The fourth-order valence-corrected chi connectivity index (χ4v) is 3.60. The zero-order valence-electron chi connectivity index (χ0n) is 15.4. The van der Waals surface area contributed by atoms with Gasteiger partial charge in [-0.1, -0.05) is 0 Å². The van der Waals surface area contributed by atoms with E-state index in [1.807, 2.05) is 18.2 Å². The van der Waals surface area contributed by atoms with Crippen LogP contribution in [0.5, 0.6) is 11.5 Å². The van der Waals surface area contributed by atoms with Crippen LogP contribution in [0, 0.1) is 11.6 Å². The molecule has 0 spiro atoms. The van der Waals surface area contributed by atoms with E-state index in [4.69, 9.17) is 9.47 Å². The summed E-state index contributed by atoms with van der Waals surface area (Å²) >= 11 is 0. The third-order valence-corrected chi connectivity index (χ3v) is 4.89. The fraction of sp³-hybridized carbons (Fsp3) is 0.350. The van der Waals surface area contributed by atoms with Crippen molar-refractivity contribution in [1.29, 1.82) is 0 Å². The van der Waals surface area contributed by atoms with Gasteiger partial charge in [0.05, 0.1) is 32.0 Å². The van der Waals surface area contributed by atoms with Crippen molar-refractivity contribution in [3.8, 4) is 11.5 Å². The summed E-state index contributed by atoms with van der Waals surface area (Å²) in [6.07, 6.45) is 1.89. The van der Waals surface area contributed by atoms with E-state index in [9.17, 15) is 13.6 Å². The van der Waals surface area contributed by atoms with Gasteiger partial charge in [0.25, 0.3) is 5.91 Å². The highest BCUT2D eigenvalue weighted by molar-refractivity contribution is 5.91. The molecule has 1 aliphatic heterocycles. The third-order valence-electron chi connectivity index (χ3n) is 4.89. The second kappa shape index (κ2) is 8.35. The van der Waals surface area contributed by atoms with Gasteiger partial charge < -0.3 is 19.7 Å². The number of methoxy groups -OCH3 is 2. The highest BCUT2D eigenvalue weighted by Crippen LogP contribution is 2.31. The number of benzene rings is 2. The van der Waals surface area contributed by atoms with Gasteiger partial charge in [0.15, 0.2) is 6.54 Å². The Balaban J connectivity index is 1.73. The van der Waals surface area contributed by atoms with E-state index < -0.39 is 11.6 Å². The van der Waals surface area contributed by atoms with Crippen molar-refractivity contribution in [3.05, 3.63) is 53.6 Å². The molecule has 0 aromatic heterocycles. The summed E-state index contributed by atoms with van der Waals surface area (Å²) in [5.41, 5.74) is 0.868. The van der Waals surface area contributed by atoms with Gasteiger partial charge in [-0.3, -0.25) is 4.79 Å². The maximum atomic E-state index is 13.7. The van der Waals surface area contributed by atoms with E-state index in [1.165, 1.54) is 0 Å². The first-order valence-electron chi connectivity index (χ1n) is 8.83. The van der Waals surface area contributed by atoms with Gasteiger partial charge in [0.1, 0.15) is 29.2 Å². The molecule has 2 aromatic rings. The van der Waals surface area contributed by atoms with E-state index in [1.54, 1.807) is 14.2 Å². The molecule has 1 heterocycles. The quantitative estimate of drug-likeness (QED) is 0.813. The van der Waals surface area contributed by atoms with Crippen LogP contribution in [-0.2, 0) is 4.79 Å². The number of hydrogen-bond donors (Lipinski definition) is 2. The number of amides is 1. The van der Waals surface area contributed by atoms with Gasteiger partial charge in [0, 0.05) is 25.0 Å². The maximum Gasteiger partial charge on any atom is 0.279 e. The lowest BCUT2D eigenvalue weighted by atomic mass is 10.0. The number of hydrogen-bond acceptors (Lipinski definition) is 3. The topological polar surface area (TPSA) is 52.0 Å². The van der Waals surface area contributed by atoms with Crippen LogP contribution in [0.3, 0.4) is 0 Å². The molecule has 1 saturated heterocycles. The summed E-state index contributed by atoms with van der Waals surface area (Å²) in [5.74, 6) is -0.186. The van der Waals surface area contributed by atoms with Crippen LogP contribution in [0.2, 0.25) is 0 Å². The molecule has 27 heavy (non-hydrogen) atoms. The van der Waals surface area contributed by atoms with Crippen LogP contribution in [0.1, 0.15) is 24.4 Å². The maximum absolute atomic E-state index is 13.7. The minimum atomic E-state index is -0.658. The van der Waals surface area contributed by atoms with Crippen LogP contribution in [0.25, 0.3) is 0 Å². The smallest absolute Gasteiger partial charge is 0.279 e. The lowest BCUT2D eigenvalue weighted by Gasteiger charge is -2.23. The number of quaternary nitrogens is 1. The molecule has 3 rings (SSSR count). The Hall–Kier alpha value is -2.67. The van der Waals surface area contributed by atoms with Crippen LogP contribution < -0.4 is 19.7 Å². The Morgan fingerprint density at radius 1 is 1.19 bits per heavy atom. The molecule has 2 aromatic carbocycles. The Labute approximate surface area is 156 Å². The van der Waals surface area contributed by atoms with Crippen LogP contribution in [0.15, 0.2) is 36.4 Å². The second-order valence-corrected chi connectivity index (χ2v) is 6.56. The zero-order valence-corrected chi connectivity index (χ0v) is 15.4. The Kier molecular flexibility index (Phi) is 5.91. The van der Waals surface area contributed by atoms with Gasteiger partial charge in [0.2, 0.25) is 0 Å². The summed E-state index contributed by atoms with van der Waals surface area (Å²) in [7, 11) is 3.20. The van der Waals surface area contributed by atoms with Crippen molar-refractivity contribution in [3.63, 3.8) is 0 Å². The Morgan fingerprint density at radius 3 is 2.74 bits per heavy atom. The summed E-state index contributed by atoms with van der Waals surface area (Å²) in [5, 5.41) is 2.47. The Morgan fingerprint density at radius 2 is 2.00 bits per heavy atom.